The van der Waals surface area contributed by atoms with Gasteiger partial charge in [-0.2, -0.15) is 0 Å². The predicted molar refractivity (Wildman–Crippen MR) is 133 cm³/mol. The van der Waals surface area contributed by atoms with Gasteiger partial charge in [0.2, 0.25) is 5.91 Å². The highest BCUT2D eigenvalue weighted by Crippen LogP contribution is 2.30. The molecule has 180 valence electrons. The molecule has 1 amide bonds. The van der Waals surface area contributed by atoms with E-state index < -0.39 is 6.17 Å². The van der Waals surface area contributed by atoms with Crippen LogP contribution >= 0.6 is 0 Å². The Balaban J connectivity index is 1.45. The largest absolute Gasteiger partial charge is 0.476 e. The van der Waals surface area contributed by atoms with E-state index in [1.807, 2.05) is 32.0 Å². The van der Waals surface area contributed by atoms with Crippen molar-refractivity contribution in [1.29, 1.82) is 0 Å². The van der Waals surface area contributed by atoms with Crippen LogP contribution in [0.5, 0.6) is 5.75 Å². The number of hydrogen-bond donors (Lipinski definition) is 4. The minimum absolute atomic E-state index is 0.00375. The molecule has 0 spiro atoms. The quantitative estimate of drug-likeness (QED) is 0.356. The smallest absolute Gasteiger partial charge is 0.228 e. The minimum atomic E-state index is -0.459. The molecule has 1 fully saturated rings. The highest BCUT2D eigenvalue weighted by molar-refractivity contribution is 5.95. The average molecular weight is 454 g/mol. The standard InChI is InChI=1S/C26H39N5O2/c1-17-15-20(33-18(2)30-22-8-4-3-7-21(22)27)13-14-24(17)31-25(32)10-6-5-9-23(26(31)28)29-16-19-11-12-19/h3,5,7,9,13-15,18-19,21-23,26,29-30H,4,6,8,10-12,16,27-28H2,1-2H3/b9-5-/t18-,21?,22?,23?,26?/m0/s1. The maximum absolute atomic E-state index is 13.1. The molecule has 1 aromatic rings. The summed E-state index contributed by atoms with van der Waals surface area (Å²) in [5.74, 6) is 1.55. The monoisotopic (exact) mass is 453 g/mol. The van der Waals surface area contributed by atoms with Crippen molar-refractivity contribution in [2.24, 2.45) is 17.4 Å². The predicted octanol–water partition coefficient (Wildman–Crippen LogP) is 2.69. The number of anilines is 1. The number of carbonyl (C=O) groups excluding carboxylic acids is 1. The van der Waals surface area contributed by atoms with Gasteiger partial charge >= 0.3 is 0 Å². The minimum Gasteiger partial charge on any atom is -0.476 e. The molecule has 6 N–H and O–H groups in total. The lowest BCUT2D eigenvalue weighted by molar-refractivity contribution is -0.119. The van der Waals surface area contributed by atoms with Gasteiger partial charge in [-0.25, -0.2) is 0 Å². The molecule has 7 nitrogen and oxygen atoms in total. The Labute approximate surface area is 197 Å². The van der Waals surface area contributed by atoms with Crippen molar-refractivity contribution in [2.75, 3.05) is 11.4 Å². The number of benzene rings is 1. The van der Waals surface area contributed by atoms with E-state index in [0.717, 1.165) is 48.7 Å². The van der Waals surface area contributed by atoms with Crippen molar-refractivity contribution in [3.8, 4) is 5.75 Å². The number of nitrogens with two attached hydrogens (primary N) is 2. The number of hydrogen-bond acceptors (Lipinski definition) is 6. The highest BCUT2D eigenvalue weighted by Gasteiger charge is 2.31. The summed E-state index contributed by atoms with van der Waals surface area (Å²) in [6, 6.07) is 5.99. The number of nitrogens with zero attached hydrogens (tertiary/aromatic N) is 1. The third kappa shape index (κ3) is 6.23. The Hall–Kier alpha value is -2.19. The van der Waals surface area contributed by atoms with Gasteiger partial charge in [-0.05, 0) is 82.2 Å². The first-order valence-corrected chi connectivity index (χ1v) is 12.4. The number of nitrogens with one attached hydrogen (secondary N) is 2. The van der Waals surface area contributed by atoms with Crippen LogP contribution in [-0.4, -0.2) is 43.0 Å². The molecule has 3 aliphatic rings. The van der Waals surface area contributed by atoms with Crippen LogP contribution in [0.15, 0.2) is 42.5 Å². The van der Waals surface area contributed by atoms with E-state index in [9.17, 15) is 4.79 Å². The van der Waals surface area contributed by atoms with Crippen molar-refractivity contribution in [1.82, 2.24) is 10.6 Å². The molecular formula is C26H39N5O2. The summed E-state index contributed by atoms with van der Waals surface area (Å²) in [6.45, 7) is 4.94. The topological polar surface area (TPSA) is 106 Å². The van der Waals surface area contributed by atoms with Crippen molar-refractivity contribution >= 4 is 11.6 Å². The third-order valence-corrected chi connectivity index (χ3v) is 6.80. The zero-order valence-corrected chi connectivity index (χ0v) is 19.9. The van der Waals surface area contributed by atoms with Gasteiger partial charge in [0.05, 0.1) is 6.04 Å². The van der Waals surface area contributed by atoms with Gasteiger partial charge in [0.15, 0.2) is 0 Å². The van der Waals surface area contributed by atoms with Crippen molar-refractivity contribution in [3.05, 3.63) is 48.1 Å². The van der Waals surface area contributed by atoms with Crippen LogP contribution in [0.3, 0.4) is 0 Å². The van der Waals surface area contributed by atoms with Crippen LogP contribution in [0, 0.1) is 12.8 Å². The van der Waals surface area contributed by atoms with Crippen LogP contribution in [0.25, 0.3) is 0 Å². The number of ether oxygens (including phenoxy) is 1. The van der Waals surface area contributed by atoms with Crippen molar-refractivity contribution in [2.45, 2.75) is 82.9 Å². The summed E-state index contributed by atoms with van der Waals surface area (Å²) in [5, 5.41) is 7.05. The van der Waals surface area contributed by atoms with Gasteiger partial charge in [-0.3, -0.25) is 15.0 Å². The molecule has 1 heterocycles. The SMILES string of the molecule is Cc1cc(O[C@@H](C)NC2CCC=CC2N)ccc1N1C(=O)CC/C=C\C(NCC2CC2)C1N. The van der Waals surface area contributed by atoms with Crippen LogP contribution in [-0.2, 0) is 4.79 Å². The number of allylic oxidation sites excluding steroid dienone is 2. The molecule has 1 aliphatic heterocycles. The summed E-state index contributed by atoms with van der Waals surface area (Å²) >= 11 is 0. The number of amides is 1. The molecule has 7 heteroatoms. The molecule has 33 heavy (non-hydrogen) atoms. The Kier molecular flexibility index (Phi) is 7.86. The molecule has 4 rings (SSSR count). The molecule has 5 atom stereocenters. The maximum atomic E-state index is 13.1. The molecule has 4 unspecified atom stereocenters. The van der Waals surface area contributed by atoms with Crippen molar-refractivity contribution < 1.29 is 9.53 Å². The average Bonchev–Trinajstić information content (AvgIpc) is 3.60. The zero-order chi connectivity index (χ0) is 23.4. The fraction of sp³-hybridized carbons (Fsp3) is 0.577. The Morgan fingerprint density at radius 1 is 1.15 bits per heavy atom. The number of rotatable bonds is 8. The van der Waals surface area contributed by atoms with E-state index >= 15 is 0 Å². The van der Waals surface area contributed by atoms with Crippen molar-refractivity contribution in [3.63, 3.8) is 0 Å². The van der Waals surface area contributed by atoms with Crippen LogP contribution in [0.4, 0.5) is 5.69 Å². The Bertz CT molecular complexity index is 881. The fourth-order valence-corrected chi connectivity index (χ4v) is 4.68. The van der Waals surface area contributed by atoms with Crippen LogP contribution in [0.2, 0.25) is 0 Å². The second kappa shape index (κ2) is 10.8. The summed E-state index contributed by atoms with van der Waals surface area (Å²) in [7, 11) is 0. The number of aryl methyl sites for hydroxylation is 1. The second-order valence-corrected chi connectivity index (χ2v) is 9.66. The van der Waals surface area contributed by atoms with Gasteiger partial charge in [0.25, 0.3) is 0 Å². The first-order valence-electron chi connectivity index (χ1n) is 12.4. The normalized spacial score (nSPS) is 29.9. The summed E-state index contributed by atoms with van der Waals surface area (Å²) in [6.07, 6.45) is 13.5. The molecule has 0 bridgehead atoms. The Morgan fingerprint density at radius 3 is 2.67 bits per heavy atom. The molecule has 2 aliphatic carbocycles. The molecule has 0 radical (unpaired) electrons. The fourth-order valence-electron chi connectivity index (χ4n) is 4.68. The molecule has 1 aromatic carbocycles. The van der Waals surface area contributed by atoms with Gasteiger partial charge in [0.1, 0.15) is 18.1 Å². The lowest BCUT2D eigenvalue weighted by Crippen LogP contribution is -2.58. The molecule has 0 aromatic heterocycles. The lowest BCUT2D eigenvalue weighted by atomic mass is 9.97. The summed E-state index contributed by atoms with van der Waals surface area (Å²) < 4.78 is 6.13. The van der Waals surface area contributed by atoms with E-state index in [4.69, 9.17) is 16.2 Å². The lowest BCUT2D eigenvalue weighted by Gasteiger charge is -2.36. The van der Waals surface area contributed by atoms with E-state index in [1.165, 1.54) is 12.8 Å². The molecule has 0 saturated heterocycles. The number of carbonyl (C=O) groups is 1. The van der Waals surface area contributed by atoms with Crippen LogP contribution < -0.4 is 31.7 Å². The van der Waals surface area contributed by atoms with E-state index in [0.29, 0.717) is 6.42 Å². The van der Waals surface area contributed by atoms with Gasteiger partial charge < -0.3 is 21.5 Å². The first-order chi connectivity index (χ1) is 15.9. The zero-order valence-electron chi connectivity index (χ0n) is 19.9. The van der Waals surface area contributed by atoms with Crippen LogP contribution in [0.1, 0.15) is 51.0 Å². The van der Waals surface area contributed by atoms with Gasteiger partial charge in [-0.15, -0.1) is 0 Å². The molecule has 1 saturated carbocycles. The van der Waals surface area contributed by atoms with E-state index in [1.54, 1.807) is 4.90 Å². The van der Waals surface area contributed by atoms with E-state index in [-0.39, 0.29) is 30.3 Å². The molecular weight excluding hydrogens is 414 g/mol. The van der Waals surface area contributed by atoms with Gasteiger partial charge in [0, 0.05) is 24.2 Å². The van der Waals surface area contributed by atoms with E-state index in [2.05, 4.69) is 34.9 Å². The summed E-state index contributed by atoms with van der Waals surface area (Å²) in [5.41, 5.74) is 14.7. The second-order valence-electron chi connectivity index (χ2n) is 9.66. The Morgan fingerprint density at radius 2 is 1.94 bits per heavy atom. The first kappa shape index (κ1) is 24.0. The van der Waals surface area contributed by atoms with Gasteiger partial charge in [-0.1, -0.05) is 24.3 Å². The summed E-state index contributed by atoms with van der Waals surface area (Å²) in [4.78, 5) is 14.8. The third-order valence-electron chi connectivity index (χ3n) is 6.80. The maximum Gasteiger partial charge on any atom is 0.228 e. The highest BCUT2D eigenvalue weighted by atomic mass is 16.5.